The summed E-state index contributed by atoms with van der Waals surface area (Å²) in [6.07, 6.45) is 4.33. The molecular formula is C9H16O3S. The molecule has 0 saturated heterocycles. The standard InChI is InChI=1S/C9H16O3S/c1-7(9(10)11)6-13(12)8-4-2-3-5-8/h7-8H,2-6H2,1H3,(H,10,11). The fourth-order valence-electron chi connectivity index (χ4n) is 1.61. The fourth-order valence-corrected chi connectivity index (χ4v) is 3.37. The average Bonchev–Trinajstić information content (AvgIpc) is 2.55. The van der Waals surface area contributed by atoms with Crippen LogP contribution in [0.5, 0.6) is 0 Å². The van der Waals surface area contributed by atoms with E-state index >= 15 is 0 Å². The molecule has 1 aliphatic rings. The van der Waals surface area contributed by atoms with Crippen LogP contribution >= 0.6 is 0 Å². The van der Waals surface area contributed by atoms with Crippen molar-refractivity contribution in [3.8, 4) is 0 Å². The molecule has 0 bridgehead atoms. The first kappa shape index (κ1) is 10.7. The summed E-state index contributed by atoms with van der Waals surface area (Å²) >= 11 is 0. The molecule has 0 aromatic heterocycles. The van der Waals surface area contributed by atoms with Crippen LogP contribution in [0, 0.1) is 5.92 Å². The van der Waals surface area contributed by atoms with Crippen LogP contribution in [0.4, 0.5) is 0 Å². The third-order valence-corrected chi connectivity index (χ3v) is 4.55. The lowest BCUT2D eigenvalue weighted by atomic mass is 10.2. The van der Waals surface area contributed by atoms with Gasteiger partial charge in [-0.05, 0) is 12.8 Å². The highest BCUT2D eigenvalue weighted by molar-refractivity contribution is 7.85. The van der Waals surface area contributed by atoms with Crippen molar-refractivity contribution in [2.24, 2.45) is 5.92 Å². The van der Waals surface area contributed by atoms with E-state index in [1.165, 1.54) is 0 Å². The Labute approximate surface area is 81.0 Å². The molecule has 1 fully saturated rings. The summed E-state index contributed by atoms with van der Waals surface area (Å²) in [7, 11) is -0.927. The Morgan fingerprint density at radius 3 is 2.54 bits per heavy atom. The Bertz CT molecular complexity index is 209. The summed E-state index contributed by atoms with van der Waals surface area (Å²) in [5.74, 6) is -0.993. The van der Waals surface area contributed by atoms with Gasteiger partial charge in [-0.1, -0.05) is 19.8 Å². The van der Waals surface area contributed by atoms with Crippen molar-refractivity contribution < 1.29 is 14.1 Å². The largest absolute Gasteiger partial charge is 0.481 e. The molecule has 3 nitrogen and oxygen atoms in total. The second-order valence-corrected chi connectivity index (χ2v) is 5.45. The SMILES string of the molecule is CC(CS(=O)C1CCCC1)C(=O)O. The zero-order chi connectivity index (χ0) is 9.84. The molecule has 0 aliphatic heterocycles. The molecule has 0 amide bonds. The van der Waals surface area contributed by atoms with Crippen LogP contribution in [-0.2, 0) is 15.6 Å². The molecule has 0 heterocycles. The highest BCUT2D eigenvalue weighted by Gasteiger charge is 2.24. The van der Waals surface area contributed by atoms with E-state index in [9.17, 15) is 9.00 Å². The molecule has 2 unspecified atom stereocenters. The fraction of sp³-hybridized carbons (Fsp3) is 0.889. The van der Waals surface area contributed by atoms with Crippen LogP contribution in [0.1, 0.15) is 32.6 Å². The molecule has 4 heteroatoms. The Morgan fingerprint density at radius 1 is 1.54 bits per heavy atom. The smallest absolute Gasteiger partial charge is 0.307 e. The summed E-state index contributed by atoms with van der Waals surface area (Å²) < 4.78 is 11.6. The van der Waals surface area contributed by atoms with Gasteiger partial charge >= 0.3 is 5.97 Å². The molecule has 0 aromatic carbocycles. The summed E-state index contributed by atoms with van der Waals surface area (Å²) in [4.78, 5) is 10.5. The zero-order valence-electron chi connectivity index (χ0n) is 7.86. The van der Waals surface area contributed by atoms with Gasteiger partial charge in [0.05, 0.1) is 5.92 Å². The number of carboxylic acid groups (broad SMARTS) is 1. The second kappa shape index (κ2) is 4.74. The van der Waals surface area contributed by atoms with Crippen LogP contribution in [-0.4, -0.2) is 26.3 Å². The van der Waals surface area contributed by atoms with Gasteiger partial charge in [0.25, 0.3) is 0 Å². The van der Waals surface area contributed by atoms with Gasteiger partial charge in [-0.15, -0.1) is 0 Å². The first-order valence-electron chi connectivity index (χ1n) is 4.71. The average molecular weight is 204 g/mol. The highest BCUT2D eigenvalue weighted by atomic mass is 32.2. The van der Waals surface area contributed by atoms with E-state index in [-0.39, 0.29) is 5.25 Å². The Morgan fingerprint density at radius 2 is 2.08 bits per heavy atom. The molecule has 0 spiro atoms. The van der Waals surface area contributed by atoms with E-state index in [0.29, 0.717) is 5.75 Å². The van der Waals surface area contributed by atoms with Gasteiger partial charge in [-0.3, -0.25) is 9.00 Å². The van der Waals surface area contributed by atoms with Gasteiger partial charge in [-0.2, -0.15) is 0 Å². The van der Waals surface area contributed by atoms with Crippen molar-refractivity contribution in [2.45, 2.75) is 37.9 Å². The van der Waals surface area contributed by atoms with E-state index in [1.54, 1.807) is 6.92 Å². The Balaban J connectivity index is 2.35. The highest BCUT2D eigenvalue weighted by Crippen LogP contribution is 2.23. The van der Waals surface area contributed by atoms with Crippen molar-refractivity contribution in [3.63, 3.8) is 0 Å². The Hall–Kier alpha value is -0.380. The Kier molecular flexibility index (Phi) is 3.90. The van der Waals surface area contributed by atoms with Gasteiger partial charge in [0.2, 0.25) is 0 Å². The molecule has 0 radical (unpaired) electrons. The lowest BCUT2D eigenvalue weighted by Gasteiger charge is -2.11. The van der Waals surface area contributed by atoms with Crippen LogP contribution in [0.3, 0.4) is 0 Å². The third kappa shape index (κ3) is 3.10. The maximum atomic E-state index is 11.6. The first-order chi connectivity index (χ1) is 6.11. The normalized spacial score (nSPS) is 22.8. The van der Waals surface area contributed by atoms with Gasteiger partial charge < -0.3 is 5.11 Å². The van der Waals surface area contributed by atoms with E-state index in [2.05, 4.69) is 0 Å². The molecule has 13 heavy (non-hydrogen) atoms. The summed E-state index contributed by atoms with van der Waals surface area (Å²) in [5, 5.41) is 8.90. The van der Waals surface area contributed by atoms with Gasteiger partial charge in [0.15, 0.2) is 0 Å². The van der Waals surface area contributed by atoms with E-state index in [1.807, 2.05) is 0 Å². The van der Waals surface area contributed by atoms with Crippen LogP contribution in [0.25, 0.3) is 0 Å². The molecule has 1 N–H and O–H groups in total. The van der Waals surface area contributed by atoms with Crippen LogP contribution < -0.4 is 0 Å². The number of rotatable bonds is 4. The number of aliphatic carboxylic acids is 1. The second-order valence-electron chi connectivity index (χ2n) is 3.69. The predicted octanol–water partition coefficient (Wildman–Crippen LogP) is 1.40. The maximum absolute atomic E-state index is 11.6. The maximum Gasteiger partial charge on any atom is 0.307 e. The number of hydrogen-bond acceptors (Lipinski definition) is 2. The third-order valence-electron chi connectivity index (χ3n) is 2.51. The quantitative estimate of drug-likeness (QED) is 0.753. The molecule has 1 aliphatic carbocycles. The first-order valence-corrected chi connectivity index (χ1v) is 6.09. The lowest BCUT2D eigenvalue weighted by Crippen LogP contribution is -2.23. The zero-order valence-corrected chi connectivity index (χ0v) is 8.68. The number of carbonyl (C=O) groups is 1. The molecule has 76 valence electrons. The van der Waals surface area contributed by atoms with E-state index in [4.69, 9.17) is 5.11 Å². The summed E-state index contributed by atoms with van der Waals surface area (Å²) in [6, 6.07) is 0. The number of hydrogen-bond donors (Lipinski definition) is 1. The number of carboxylic acids is 1. The minimum atomic E-state index is -0.927. The molecule has 0 aromatic rings. The van der Waals surface area contributed by atoms with Gasteiger partial charge in [-0.25, -0.2) is 0 Å². The van der Waals surface area contributed by atoms with Crippen molar-refractivity contribution >= 4 is 16.8 Å². The monoisotopic (exact) mass is 204 g/mol. The molecule has 2 atom stereocenters. The van der Waals surface area contributed by atoms with Gasteiger partial charge in [0.1, 0.15) is 0 Å². The van der Waals surface area contributed by atoms with Crippen molar-refractivity contribution in [1.82, 2.24) is 0 Å². The van der Waals surface area contributed by atoms with E-state index in [0.717, 1.165) is 25.7 Å². The van der Waals surface area contributed by atoms with Crippen molar-refractivity contribution in [3.05, 3.63) is 0 Å². The minimum absolute atomic E-state index is 0.266. The van der Waals surface area contributed by atoms with Crippen LogP contribution in [0.2, 0.25) is 0 Å². The molecule has 1 saturated carbocycles. The van der Waals surface area contributed by atoms with Crippen molar-refractivity contribution in [2.75, 3.05) is 5.75 Å². The molecular weight excluding hydrogens is 188 g/mol. The van der Waals surface area contributed by atoms with E-state index < -0.39 is 22.7 Å². The van der Waals surface area contributed by atoms with Crippen LogP contribution in [0.15, 0.2) is 0 Å². The summed E-state index contributed by atoms with van der Waals surface area (Å²) in [6.45, 7) is 1.62. The lowest BCUT2D eigenvalue weighted by molar-refractivity contribution is -0.140. The summed E-state index contributed by atoms with van der Waals surface area (Å²) in [5.41, 5.74) is 0. The predicted molar refractivity (Wildman–Crippen MR) is 52.1 cm³/mol. The topological polar surface area (TPSA) is 54.4 Å². The minimum Gasteiger partial charge on any atom is -0.481 e. The van der Waals surface area contributed by atoms with Gasteiger partial charge in [0, 0.05) is 21.8 Å². The van der Waals surface area contributed by atoms with Crippen molar-refractivity contribution in [1.29, 1.82) is 0 Å². The molecule has 1 rings (SSSR count).